The first kappa shape index (κ1) is 21.7. The maximum atomic E-state index is 12.2. The number of benzene rings is 3. The second-order valence-electron chi connectivity index (χ2n) is 6.25. The summed E-state index contributed by atoms with van der Waals surface area (Å²) in [6.07, 6.45) is 0. The van der Waals surface area contributed by atoms with Crippen LogP contribution in [0.25, 0.3) is 0 Å². The van der Waals surface area contributed by atoms with E-state index in [-0.39, 0.29) is 22.7 Å². The van der Waals surface area contributed by atoms with Gasteiger partial charge in [-0.25, -0.2) is 0 Å². The molecule has 0 heterocycles. The number of hydrazine groups is 1. The highest BCUT2D eigenvalue weighted by molar-refractivity contribution is 9.10. The highest BCUT2D eigenvalue weighted by Crippen LogP contribution is 2.14. The molecule has 0 saturated carbocycles. The van der Waals surface area contributed by atoms with E-state index < -0.39 is 16.7 Å². The Kier molecular flexibility index (Phi) is 6.73. The summed E-state index contributed by atoms with van der Waals surface area (Å²) in [6.45, 7) is 0. The summed E-state index contributed by atoms with van der Waals surface area (Å²) >= 11 is 3.31. The molecule has 3 N–H and O–H groups in total. The van der Waals surface area contributed by atoms with Crippen LogP contribution in [0.2, 0.25) is 0 Å². The normalized spacial score (nSPS) is 10.1. The van der Waals surface area contributed by atoms with Gasteiger partial charge in [-0.15, -0.1) is 0 Å². The van der Waals surface area contributed by atoms with E-state index in [1.165, 1.54) is 36.4 Å². The molecule has 0 unspecified atom stereocenters. The van der Waals surface area contributed by atoms with Crippen LogP contribution in [-0.2, 0) is 0 Å². The van der Waals surface area contributed by atoms with E-state index in [1.807, 2.05) is 0 Å². The number of anilines is 1. The minimum absolute atomic E-state index is 0.145. The van der Waals surface area contributed by atoms with Gasteiger partial charge in [-0.3, -0.25) is 35.3 Å². The van der Waals surface area contributed by atoms with E-state index in [0.717, 1.165) is 4.47 Å². The third-order valence-electron chi connectivity index (χ3n) is 4.14. The molecule has 3 aromatic carbocycles. The van der Waals surface area contributed by atoms with Crippen LogP contribution < -0.4 is 16.2 Å². The van der Waals surface area contributed by atoms with Gasteiger partial charge in [-0.05, 0) is 60.7 Å². The predicted octanol–water partition coefficient (Wildman–Crippen LogP) is 3.68. The second kappa shape index (κ2) is 9.63. The molecule has 156 valence electrons. The van der Waals surface area contributed by atoms with Crippen LogP contribution in [0.15, 0.2) is 77.3 Å². The molecule has 0 radical (unpaired) electrons. The van der Waals surface area contributed by atoms with Crippen LogP contribution in [0.5, 0.6) is 0 Å². The van der Waals surface area contributed by atoms with Crippen LogP contribution in [0.1, 0.15) is 31.1 Å². The van der Waals surface area contributed by atoms with Gasteiger partial charge in [0.1, 0.15) is 0 Å². The lowest BCUT2D eigenvalue weighted by atomic mass is 10.1. The number of hydrogen-bond donors (Lipinski definition) is 3. The number of nitrogens with one attached hydrogen (secondary N) is 3. The molecule has 10 heteroatoms. The Morgan fingerprint density at radius 3 is 1.58 bits per heavy atom. The summed E-state index contributed by atoms with van der Waals surface area (Å²) in [5.74, 6) is -1.48. The van der Waals surface area contributed by atoms with Gasteiger partial charge in [0.15, 0.2) is 0 Å². The van der Waals surface area contributed by atoms with Crippen molar-refractivity contribution in [3.63, 3.8) is 0 Å². The Bertz CT molecular complexity index is 1130. The SMILES string of the molecule is O=C(NNC(=O)c1ccc([N+](=O)[O-])cc1)c1ccc(NC(=O)c2ccc(Br)cc2)cc1. The number of nitro benzene ring substituents is 1. The second-order valence-corrected chi connectivity index (χ2v) is 7.17. The smallest absolute Gasteiger partial charge is 0.269 e. The maximum Gasteiger partial charge on any atom is 0.269 e. The molecule has 3 aromatic rings. The number of non-ortho nitro benzene ring substituents is 1. The summed E-state index contributed by atoms with van der Waals surface area (Å²) in [6, 6.07) is 17.9. The number of nitro groups is 1. The third-order valence-corrected chi connectivity index (χ3v) is 4.67. The Morgan fingerprint density at radius 1 is 0.677 bits per heavy atom. The lowest BCUT2D eigenvalue weighted by Gasteiger charge is -2.09. The molecule has 0 aliphatic rings. The summed E-state index contributed by atoms with van der Waals surface area (Å²) in [7, 11) is 0. The summed E-state index contributed by atoms with van der Waals surface area (Å²) in [4.78, 5) is 46.5. The van der Waals surface area contributed by atoms with Crippen molar-refractivity contribution in [1.82, 2.24) is 10.9 Å². The molecule has 3 rings (SSSR count). The van der Waals surface area contributed by atoms with Crippen LogP contribution >= 0.6 is 15.9 Å². The number of hydrogen-bond acceptors (Lipinski definition) is 5. The highest BCUT2D eigenvalue weighted by Gasteiger charge is 2.12. The van der Waals surface area contributed by atoms with Crippen molar-refractivity contribution in [1.29, 1.82) is 0 Å². The van der Waals surface area contributed by atoms with E-state index in [2.05, 4.69) is 32.1 Å². The number of rotatable bonds is 5. The molecule has 0 aliphatic carbocycles. The summed E-state index contributed by atoms with van der Waals surface area (Å²) in [5.41, 5.74) is 5.74. The topological polar surface area (TPSA) is 130 Å². The fourth-order valence-electron chi connectivity index (χ4n) is 2.50. The first-order valence-corrected chi connectivity index (χ1v) is 9.65. The Balaban J connectivity index is 1.55. The molecule has 0 saturated heterocycles. The molecular formula is C21H15BrN4O5. The van der Waals surface area contributed by atoms with E-state index in [4.69, 9.17) is 0 Å². The summed E-state index contributed by atoms with van der Waals surface area (Å²) < 4.78 is 0.861. The minimum atomic E-state index is -0.623. The monoisotopic (exact) mass is 482 g/mol. The zero-order valence-corrected chi connectivity index (χ0v) is 17.4. The van der Waals surface area contributed by atoms with Crippen LogP contribution in [-0.4, -0.2) is 22.6 Å². The van der Waals surface area contributed by atoms with Gasteiger partial charge in [0.05, 0.1) is 4.92 Å². The first-order chi connectivity index (χ1) is 14.8. The molecule has 31 heavy (non-hydrogen) atoms. The predicted molar refractivity (Wildman–Crippen MR) is 117 cm³/mol. The van der Waals surface area contributed by atoms with Gasteiger partial charge in [-0.1, -0.05) is 15.9 Å². The van der Waals surface area contributed by atoms with Gasteiger partial charge < -0.3 is 5.32 Å². The third kappa shape index (κ3) is 5.73. The molecule has 0 atom stereocenters. The molecule has 0 spiro atoms. The summed E-state index contributed by atoms with van der Waals surface area (Å²) in [5, 5.41) is 13.4. The van der Waals surface area contributed by atoms with Crippen LogP contribution in [0.4, 0.5) is 11.4 Å². The molecule has 0 fully saturated rings. The maximum absolute atomic E-state index is 12.2. The number of halogens is 1. The Morgan fingerprint density at radius 2 is 1.10 bits per heavy atom. The van der Waals surface area contributed by atoms with E-state index in [1.54, 1.807) is 36.4 Å². The van der Waals surface area contributed by atoms with E-state index in [9.17, 15) is 24.5 Å². The first-order valence-electron chi connectivity index (χ1n) is 8.85. The Labute approximate surface area is 184 Å². The van der Waals surface area contributed by atoms with Crippen molar-refractivity contribution in [3.05, 3.63) is 104 Å². The van der Waals surface area contributed by atoms with Gasteiger partial charge in [0.25, 0.3) is 23.4 Å². The molecule has 0 aromatic heterocycles. The number of amides is 3. The van der Waals surface area contributed by atoms with Crippen molar-refractivity contribution >= 4 is 45.0 Å². The largest absolute Gasteiger partial charge is 0.322 e. The average Bonchev–Trinajstić information content (AvgIpc) is 2.78. The standard InChI is InChI=1S/C21H15BrN4O5/c22-16-7-1-13(2-8-16)19(27)23-17-9-3-14(4-10-17)20(28)24-25-21(29)15-5-11-18(12-6-15)26(30)31/h1-12H,(H,23,27)(H,24,28)(H,25,29). The minimum Gasteiger partial charge on any atom is -0.322 e. The quantitative estimate of drug-likeness (QED) is 0.377. The lowest BCUT2D eigenvalue weighted by Crippen LogP contribution is -2.41. The van der Waals surface area contributed by atoms with Crippen molar-refractivity contribution in [2.24, 2.45) is 0 Å². The molecule has 9 nitrogen and oxygen atoms in total. The zero-order valence-electron chi connectivity index (χ0n) is 15.8. The number of nitrogens with zero attached hydrogens (tertiary/aromatic N) is 1. The molecule has 3 amide bonds. The van der Waals surface area contributed by atoms with E-state index >= 15 is 0 Å². The number of carbonyl (C=O) groups is 3. The van der Waals surface area contributed by atoms with Gasteiger partial charge in [0, 0.05) is 39.0 Å². The molecule has 0 bridgehead atoms. The van der Waals surface area contributed by atoms with E-state index in [0.29, 0.717) is 11.3 Å². The van der Waals surface area contributed by atoms with Crippen LogP contribution in [0.3, 0.4) is 0 Å². The Hall–Kier alpha value is -4.05. The van der Waals surface area contributed by atoms with Crippen molar-refractivity contribution in [2.75, 3.05) is 5.32 Å². The fourth-order valence-corrected chi connectivity index (χ4v) is 2.77. The van der Waals surface area contributed by atoms with Crippen LogP contribution in [0, 0.1) is 10.1 Å². The molecule has 0 aliphatic heterocycles. The van der Waals surface area contributed by atoms with Gasteiger partial charge in [0.2, 0.25) is 0 Å². The van der Waals surface area contributed by atoms with Crippen molar-refractivity contribution in [2.45, 2.75) is 0 Å². The van der Waals surface area contributed by atoms with Gasteiger partial charge >= 0.3 is 0 Å². The highest BCUT2D eigenvalue weighted by atomic mass is 79.9. The zero-order chi connectivity index (χ0) is 22.4. The number of carbonyl (C=O) groups excluding carboxylic acids is 3. The lowest BCUT2D eigenvalue weighted by molar-refractivity contribution is -0.384. The average molecular weight is 483 g/mol. The van der Waals surface area contributed by atoms with Crippen molar-refractivity contribution in [3.8, 4) is 0 Å². The molecular weight excluding hydrogens is 468 g/mol. The van der Waals surface area contributed by atoms with Crippen molar-refractivity contribution < 1.29 is 19.3 Å². The fraction of sp³-hybridized carbons (Fsp3) is 0. The van der Waals surface area contributed by atoms with Gasteiger partial charge in [-0.2, -0.15) is 0 Å².